The van der Waals surface area contributed by atoms with Crippen molar-refractivity contribution in [1.29, 1.82) is 0 Å². The molecule has 1 aliphatic heterocycles. The van der Waals surface area contributed by atoms with Gasteiger partial charge in [0.05, 0.1) is 19.4 Å². The van der Waals surface area contributed by atoms with E-state index in [9.17, 15) is 5.11 Å². The van der Waals surface area contributed by atoms with Crippen molar-refractivity contribution in [3.05, 3.63) is 34.9 Å². The zero-order valence-electron chi connectivity index (χ0n) is 14.0. The third kappa shape index (κ3) is 2.61. The van der Waals surface area contributed by atoms with Gasteiger partial charge in [-0.05, 0) is 25.0 Å². The van der Waals surface area contributed by atoms with Gasteiger partial charge in [-0.1, -0.05) is 25.2 Å². The number of rotatable bonds is 4. The van der Waals surface area contributed by atoms with Gasteiger partial charge in [0.1, 0.15) is 4.88 Å². The van der Waals surface area contributed by atoms with Crippen molar-refractivity contribution in [2.75, 3.05) is 13.1 Å². The lowest BCUT2D eigenvalue weighted by Gasteiger charge is -2.32. The highest BCUT2D eigenvalue weighted by Gasteiger charge is 2.36. The van der Waals surface area contributed by atoms with E-state index in [-0.39, 0.29) is 11.9 Å². The van der Waals surface area contributed by atoms with E-state index in [1.165, 1.54) is 29.1 Å². The van der Waals surface area contributed by atoms with Crippen LogP contribution in [0.5, 0.6) is 5.88 Å². The molecule has 0 radical (unpaired) electrons. The summed E-state index contributed by atoms with van der Waals surface area (Å²) in [4.78, 5) is 7.60. The molecule has 24 heavy (non-hydrogen) atoms. The zero-order valence-corrected chi connectivity index (χ0v) is 14.8. The number of thiazole rings is 1. The number of piperidine rings is 1. The molecule has 0 aromatic carbocycles. The standard InChI is InChI=1S/C17H22N4O2S/c1-3-13-18-17-21(19-13)16(22)15(24-17)14(12-7-5-9-23-12)20-8-4-6-11(2)10-20/h5,7,9,11,14,22H,3-4,6,8,10H2,1-2H3/p+1/t11-,14+/m0/s1. The maximum atomic E-state index is 10.8. The fourth-order valence-corrected chi connectivity index (χ4v) is 4.83. The van der Waals surface area contributed by atoms with Crippen molar-refractivity contribution >= 4 is 16.3 Å². The largest absolute Gasteiger partial charge is 0.492 e. The van der Waals surface area contributed by atoms with E-state index in [0.717, 1.165) is 40.9 Å². The molecular weight excluding hydrogens is 324 g/mol. The van der Waals surface area contributed by atoms with E-state index in [1.54, 1.807) is 10.8 Å². The first-order valence-electron chi connectivity index (χ1n) is 8.62. The van der Waals surface area contributed by atoms with Crippen LogP contribution in [-0.4, -0.2) is 32.8 Å². The van der Waals surface area contributed by atoms with E-state index in [1.807, 2.05) is 19.1 Å². The van der Waals surface area contributed by atoms with Crippen LogP contribution in [0, 0.1) is 5.92 Å². The number of fused-ring (bicyclic) bond motifs is 1. The van der Waals surface area contributed by atoms with E-state index < -0.39 is 0 Å². The third-order valence-corrected chi connectivity index (χ3v) is 5.95. The molecule has 1 aliphatic rings. The van der Waals surface area contributed by atoms with Gasteiger partial charge in [0.25, 0.3) is 0 Å². The predicted molar refractivity (Wildman–Crippen MR) is 91.6 cm³/mol. The van der Waals surface area contributed by atoms with Crippen LogP contribution in [0.4, 0.5) is 0 Å². The summed E-state index contributed by atoms with van der Waals surface area (Å²) < 4.78 is 7.31. The minimum absolute atomic E-state index is 0.00123. The van der Waals surface area contributed by atoms with Crippen molar-refractivity contribution in [3.8, 4) is 5.88 Å². The zero-order chi connectivity index (χ0) is 16.7. The van der Waals surface area contributed by atoms with Crippen molar-refractivity contribution in [2.24, 2.45) is 5.92 Å². The molecule has 4 rings (SSSR count). The molecule has 3 aromatic rings. The second kappa shape index (κ2) is 6.22. The molecule has 4 heterocycles. The molecule has 128 valence electrons. The van der Waals surface area contributed by atoms with Crippen LogP contribution in [0.25, 0.3) is 4.96 Å². The van der Waals surface area contributed by atoms with Gasteiger partial charge in [-0.2, -0.15) is 4.52 Å². The molecule has 7 heteroatoms. The number of hydrogen-bond donors (Lipinski definition) is 2. The van der Waals surface area contributed by atoms with Crippen LogP contribution < -0.4 is 4.90 Å². The second-order valence-corrected chi connectivity index (χ2v) is 7.68. The van der Waals surface area contributed by atoms with Crippen molar-refractivity contribution in [3.63, 3.8) is 0 Å². The van der Waals surface area contributed by atoms with E-state index in [2.05, 4.69) is 17.0 Å². The fraction of sp³-hybridized carbons (Fsp3) is 0.529. The first-order chi connectivity index (χ1) is 11.7. The lowest BCUT2D eigenvalue weighted by molar-refractivity contribution is -0.934. The summed E-state index contributed by atoms with van der Waals surface area (Å²) in [6, 6.07) is 3.92. The molecule has 2 N–H and O–H groups in total. The van der Waals surface area contributed by atoms with Crippen molar-refractivity contribution in [2.45, 2.75) is 39.2 Å². The van der Waals surface area contributed by atoms with E-state index >= 15 is 0 Å². The summed E-state index contributed by atoms with van der Waals surface area (Å²) in [6.45, 7) is 6.48. The lowest BCUT2D eigenvalue weighted by Crippen LogP contribution is -3.13. The quantitative estimate of drug-likeness (QED) is 0.758. The maximum Gasteiger partial charge on any atom is 0.235 e. The molecule has 0 saturated carbocycles. The minimum atomic E-state index is 0.00123. The van der Waals surface area contributed by atoms with Crippen LogP contribution in [0.15, 0.2) is 22.8 Å². The van der Waals surface area contributed by atoms with Crippen LogP contribution in [0.2, 0.25) is 0 Å². The summed E-state index contributed by atoms with van der Waals surface area (Å²) in [5.41, 5.74) is 0. The molecule has 0 bridgehead atoms. The normalized spacial score (nSPS) is 22.9. The number of nitrogens with one attached hydrogen (secondary N) is 1. The first kappa shape index (κ1) is 15.7. The van der Waals surface area contributed by atoms with Gasteiger partial charge in [0.2, 0.25) is 10.8 Å². The summed E-state index contributed by atoms with van der Waals surface area (Å²) in [6.07, 6.45) is 4.95. The van der Waals surface area contributed by atoms with Crippen LogP contribution in [0.1, 0.15) is 49.2 Å². The van der Waals surface area contributed by atoms with Gasteiger partial charge >= 0.3 is 0 Å². The topological polar surface area (TPSA) is 68.0 Å². The predicted octanol–water partition coefficient (Wildman–Crippen LogP) is 2.06. The highest BCUT2D eigenvalue weighted by Crippen LogP contribution is 2.35. The number of likely N-dealkylation sites (tertiary alicyclic amines) is 1. The summed E-state index contributed by atoms with van der Waals surface area (Å²) >= 11 is 1.52. The Hall–Kier alpha value is -1.86. The minimum Gasteiger partial charge on any atom is -0.492 e. The molecule has 3 atom stereocenters. The van der Waals surface area contributed by atoms with Crippen LogP contribution >= 0.6 is 11.3 Å². The Kier molecular flexibility index (Phi) is 4.05. The molecule has 0 spiro atoms. The average Bonchev–Trinajstić information content (AvgIpc) is 3.28. The summed E-state index contributed by atoms with van der Waals surface area (Å²) in [5.74, 6) is 2.54. The lowest BCUT2D eigenvalue weighted by atomic mass is 9.97. The SMILES string of the molecule is CCc1nc2sc([C@@H](c3ccco3)[NH+]3CCC[C@H](C)C3)c(O)n2n1. The molecule has 1 fully saturated rings. The van der Waals surface area contributed by atoms with Crippen LogP contribution in [0.3, 0.4) is 0 Å². The molecule has 3 aromatic heterocycles. The molecule has 0 amide bonds. The number of quaternary nitrogens is 1. The third-order valence-electron chi connectivity index (χ3n) is 4.86. The van der Waals surface area contributed by atoms with Gasteiger partial charge in [-0.15, -0.1) is 5.10 Å². The molecule has 6 nitrogen and oxygen atoms in total. The second-order valence-electron chi connectivity index (χ2n) is 6.67. The molecular formula is C17H23N4O2S+. The highest BCUT2D eigenvalue weighted by molar-refractivity contribution is 7.17. The average molecular weight is 347 g/mol. The van der Waals surface area contributed by atoms with Gasteiger partial charge in [-0.25, -0.2) is 4.98 Å². The smallest absolute Gasteiger partial charge is 0.235 e. The molecule has 1 saturated heterocycles. The summed E-state index contributed by atoms with van der Waals surface area (Å²) in [5, 5.41) is 15.2. The Morgan fingerprint density at radius 3 is 3.08 bits per heavy atom. The number of nitrogens with zero attached hydrogens (tertiary/aromatic N) is 3. The first-order valence-corrected chi connectivity index (χ1v) is 9.44. The van der Waals surface area contributed by atoms with E-state index in [4.69, 9.17) is 4.42 Å². The number of hydrogen-bond acceptors (Lipinski definition) is 5. The number of furan rings is 1. The number of aryl methyl sites for hydroxylation is 1. The van der Waals surface area contributed by atoms with Gasteiger partial charge in [0, 0.05) is 12.3 Å². The number of aromatic nitrogens is 3. The Labute approximate surface area is 144 Å². The van der Waals surface area contributed by atoms with E-state index in [0.29, 0.717) is 5.92 Å². The van der Waals surface area contributed by atoms with Crippen molar-refractivity contribution in [1.82, 2.24) is 14.6 Å². The monoisotopic (exact) mass is 347 g/mol. The maximum absolute atomic E-state index is 10.8. The molecule has 0 aliphatic carbocycles. The number of aromatic hydroxyl groups is 1. The van der Waals surface area contributed by atoms with Gasteiger partial charge < -0.3 is 14.4 Å². The fourth-order valence-electron chi connectivity index (χ4n) is 3.69. The van der Waals surface area contributed by atoms with Gasteiger partial charge in [0.15, 0.2) is 17.6 Å². The Balaban J connectivity index is 1.78. The Bertz CT molecular complexity index is 823. The highest BCUT2D eigenvalue weighted by atomic mass is 32.1. The Morgan fingerprint density at radius 2 is 2.42 bits per heavy atom. The van der Waals surface area contributed by atoms with Crippen molar-refractivity contribution < 1.29 is 14.4 Å². The van der Waals surface area contributed by atoms with Crippen LogP contribution in [-0.2, 0) is 6.42 Å². The summed E-state index contributed by atoms with van der Waals surface area (Å²) in [7, 11) is 0. The Morgan fingerprint density at radius 1 is 1.54 bits per heavy atom. The van der Waals surface area contributed by atoms with Gasteiger partial charge in [-0.3, -0.25) is 0 Å². The molecule has 1 unspecified atom stereocenters.